The molecular weight excluding hydrogens is 278 g/mol. The van der Waals surface area contributed by atoms with Crippen LogP contribution in [0.25, 0.3) is 11.4 Å². The molecule has 0 atom stereocenters. The first-order valence-electron chi connectivity index (χ1n) is 6.34. The van der Waals surface area contributed by atoms with Gasteiger partial charge in [-0.3, -0.25) is 14.6 Å². The number of hydrogen-bond acceptors (Lipinski definition) is 5. The smallest absolute Gasteiger partial charge is 0.214 e. The van der Waals surface area contributed by atoms with Crippen molar-refractivity contribution in [2.45, 2.75) is 24.6 Å². The van der Waals surface area contributed by atoms with Crippen molar-refractivity contribution in [3.05, 3.63) is 30.4 Å². The molecule has 20 heavy (non-hydrogen) atoms. The first-order chi connectivity index (χ1) is 9.56. The van der Waals surface area contributed by atoms with E-state index in [1.807, 2.05) is 6.07 Å². The summed E-state index contributed by atoms with van der Waals surface area (Å²) in [7, 11) is -1.40. The zero-order chi connectivity index (χ0) is 14.2. The topological polar surface area (TPSA) is 89.8 Å². The molecule has 2 aromatic rings. The highest BCUT2D eigenvalue weighted by atomic mass is 32.2. The van der Waals surface area contributed by atoms with Crippen LogP contribution in [0.4, 0.5) is 0 Å². The summed E-state index contributed by atoms with van der Waals surface area (Å²) in [5, 5.41) is 4.11. The maximum Gasteiger partial charge on any atom is 0.214 e. The molecule has 0 radical (unpaired) electrons. The van der Waals surface area contributed by atoms with Crippen LogP contribution in [0.5, 0.6) is 0 Å². The summed E-state index contributed by atoms with van der Waals surface area (Å²) < 4.78 is 27.9. The van der Waals surface area contributed by atoms with Gasteiger partial charge >= 0.3 is 0 Å². The quantitative estimate of drug-likeness (QED) is 0.865. The molecule has 106 valence electrons. The molecular formula is C12H15N5O2S. The maximum absolute atomic E-state index is 11.8. The van der Waals surface area contributed by atoms with Crippen LogP contribution in [-0.2, 0) is 23.6 Å². The first-order valence-corrected chi connectivity index (χ1v) is 7.89. The van der Waals surface area contributed by atoms with Crippen molar-refractivity contribution in [1.82, 2.24) is 24.5 Å². The molecule has 8 heteroatoms. The molecule has 2 heterocycles. The SMILES string of the molecule is Cn1nc(-c2cnccn2)cc1CNS(=O)(=O)C1CC1. The molecule has 1 aliphatic rings. The molecule has 0 spiro atoms. The fourth-order valence-electron chi connectivity index (χ4n) is 1.90. The number of sulfonamides is 1. The Hall–Kier alpha value is -1.80. The fraction of sp³-hybridized carbons (Fsp3) is 0.417. The Bertz CT molecular complexity index is 707. The van der Waals surface area contributed by atoms with Gasteiger partial charge in [0.2, 0.25) is 10.0 Å². The molecule has 0 bridgehead atoms. The van der Waals surface area contributed by atoms with Gasteiger partial charge in [-0.1, -0.05) is 0 Å². The number of hydrogen-bond donors (Lipinski definition) is 1. The number of nitrogens with zero attached hydrogens (tertiary/aromatic N) is 4. The lowest BCUT2D eigenvalue weighted by atomic mass is 10.3. The lowest BCUT2D eigenvalue weighted by molar-refractivity contribution is 0.576. The van der Waals surface area contributed by atoms with E-state index in [0.717, 1.165) is 18.5 Å². The molecule has 1 N–H and O–H groups in total. The van der Waals surface area contributed by atoms with Gasteiger partial charge in [-0.2, -0.15) is 5.10 Å². The van der Waals surface area contributed by atoms with Crippen LogP contribution < -0.4 is 4.72 Å². The lowest BCUT2D eigenvalue weighted by Crippen LogP contribution is -2.27. The first kappa shape index (κ1) is 13.2. The van der Waals surface area contributed by atoms with E-state index < -0.39 is 10.0 Å². The zero-order valence-electron chi connectivity index (χ0n) is 11.0. The van der Waals surface area contributed by atoms with Gasteiger partial charge in [0.15, 0.2) is 0 Å². The Labute approximate surface area is 117 Å². The van der Waals surface area contributed by atoms with Crippen molar-refractivity contribution < 1.29 is 8.42 Å². The number of rotatable bonds is 5. The normalized spacial score (nSPS) is 15.4. The molecule has 3 rings (SSSR count). The second-order valence-corrected chi connectivity index (χ2v) is 6.85. The Morgan fingerprint density at radius 2 is 2.15 bits per heavy atom. The van der Waals surface area contributed by atoms with E-state index in [1.54, 1.807) is 30.3 Å². The lowest BCUT2D eigenvalue weighted by Gasteiger charge is -2.04. The minimum Gasteiger partial charge on any atom is -0.271 e. The van der Waals surface area contributed by atoms with Gasteiger partial charge in [0.1, 0.15) is 11.4 Å². The van der Waals surface area contributed by atoms with Gasteiger partial charge in [-0.15, -0.1) is 0 Å². The minimum atomic E-state index is -3.18. The monoisotopic (exact) mass is 293 g/mol. The summed E-state index contributed by atoms with van der Waals surface area (Å²) in [6.07, 6.45) is 6.33. The number of nitrogens with one attached hydrogen (secondary N) is 1. The predicted octanol–water partition coefficient (Wildman–Crippen LogP) is 0.459. The van der Waals surface area contributed by atoms with E-state index in [9.17, 15) is 8.42 Å². The van der Waals surface area contributed by atoms with Gasteiger partial charge in [0, 0.05) is 19.4 Å². The number of aromatic nitrogens is 4. The molecule has 0 unspecified atom stereocenters. The van der Waals surface area contributed by atoms with Gasteiger partial charge in [0.05, 0.1) is 23.7 Å². The summed E-state index contributed by atoms with van der Waals surface area (Å²) in [5.41, 5.74) is 2.13. The minimum absolute atomic E-state index is 0.213. The van der Waals surface area contributed by atoms with E-state index in [4.69, 9.17) is 0 Å². The molecule has 0 amide bonds. The largest absolute Gasteiger partial charge is 0.271 e. The molecule has 7 nitrogen and oxygen atoms in total. The predicted molar refractivity (Wildman–Crippen MR) is 73.0 cm³/mol. The van der Waals surface area contributed by atoms with Crippen LogP contribution in [0.1, 0.15) is 18.5 Å². The van der Waals surface area contributed by atoms with Crippen LogP contribution in [-0.4, -0.2) is 33.4 Å². The van der Waals surface area contributed by atoms with Crippen molar-refractivity contribution in [2.75, 3.05) is 0 Å². The van der Waals surface area contributed by atoms with Crippen molar-refractivity contribution in [1.29, 1.82) is 0 Å². The maximum atomic E-state index is 11.8. The average molecular weight is 293 g/mol. The standard InChI is InChI=1S/C12H15N5O2S/c1-17-9(7-15-20(18,19)10-2-3-10)6-11(16-17)12-8-13-4-5-14-12/h4-6,8,10,15H,2-3,7H2,1H3. The summed E-state index contributed by atoms with van der Waals surface area (Å²) in [4.78, 5) is 8.17. The third-order valence-electron chi connectivity index (χ3n) is 3.22. The summed E-state index contributed by atoms with van der Waals surface area (Å²) in [5.74, 6) is 0. The average Bonchev–Trinajstić information content (AvgIpc) is 3.23. The Morgan fingerprint density at radius 3 is 2.80 bits per heavy atom. The third-order valence-corrected chi connectivity index (χ3v) is 5.12. The van der Waals surface area contributed by atoms with Crippen molar-refractivity contribution in [2.24, 2.45) is 7.05 Å². The summed E-state index contributed by atoms with van der Waals surface area (Å²) >= 11 is 0. The highest BCUT2D eigenvalue weighted by molar-refractivity contribution is 7.90. The van der Waals surface area contributed by atoms with Crippen LogP contribution in [0, 0.1) is 0 Å². The molecule has 0 saturated heterocycles. The number of aryl methyl sites for hydroxylation is 1. The van der Waals surface area contributed by atoms with Crippen molar-refractivity contribution in [3.63, 3.8) is 0 Å². The summed E-state index contributed by atoms with van der Waals surface area (Å²) in [6.45, 7) is 0.239. The van der Waals surface area contributed by atoms with Crippen molar-refractivity contribution >= 4 is 10.0 Å². The second-order valence-electron chi connectivity index (χ2n) is 4.80. The van der Waals surface area contributed by atoms with E-state index in [2.05, 4.69) is 19.8 Å². The van der Waals surface area contributed by atoms with Crippen LogP contribution in [0.2, 0.25) is 0 Å². The Balaban J connectivity index is 1.76. The second kappa shape index (κ2) is 4.95. The third kappa shape index (κ3) is 2.70. The Kier molecular flexibility index (Phi) is 3.27. The summed E-state index contributed by atoms with van der Waals surface area (Å²) in [6, 6.07) is 1.82. The molecule has 0 aromatic carbocycles. The van der Waals surface area contributed by atoms with Crippen LogP contribution in [0.15, 0.2) is 24.7 Å². The molecule has 0 aliphatic heterocycles. The molecule has 1 aliphatic carbocycles. The van der Waals surface area contributed by atoms with Gasteiger partial charge in [-0.25, -0.2) is 13.1 Å². The fourth-order valence-corrected chi connectivity index (χ4v) is 3.24. The van der Waals surface area contributed by atoms with Crippen molar-refractivity contribution in [3.8, 4) is 11.4 Å². The van der Waals surface area contributed by atoms with E-state index >= 15 is 0 Å². The van der Waals surface area contributed by atoms with Crippen LogP contribution >= 0.6 is 0 Å². The van der Waals surface area contributed by atoms with Gasteiger partial charge in [-0.05, 0) is 18.9 Å². The van der Waals surface area contributed by atoms with E-state index in [-0.39, 0.29) is 11.8 Å². The zero-order valence-corrected chi connectivity index (χ0v) is 11.8. The molecule has 2 aromatic heterocycles. The van der Waals surface area contributed by atoms with Crippen LogP contribution in [0.3, 0.4) is 0 Å². The van der Waals surface area contributed by atoms with Gasteiger partial charge < -0.3 is 0 Å². The van der Waals surface area contributed by atoms with E-state index in [0.29, 0.717) is 11.4 Å². The highest BCUT2D eigenvalue weighted by Gasteiger charge is 2.35. The molecule has 1 fully saturated rings. The Morgan fingerprint density at radius 1 is 1.35 bits per heavy atom. The highest BCUT2D eigenvalue weighted by Crippen LogP contribution is 2.27. The van der Waals surface area contributed by atoms with E-state index in [1.165, 1.54) is 0 Å². The van der Waals surface area contributed by atoms with Gasteiger partial charge in [0.25, 0.3) is 0 Å². The molecule has 1 saturated carbocycles.